The van der Waals surface area contributed by atoms with E-state index in [2.05, 4.69) is 9.88 Å². The number of sulfonamides is 1. The molecule has 1 aliphatic carbocycles. The van der Waals surface area contributed by atoms with Crippen molar-refractivity contribution in [2.24, 2.45) is 5.41 Å². The molecule has 1 spiro atoms. The minimum absolute atomic E-state index is 0.0793. The smallest absolute Gasteiger partial charge is 0.268 e. The summed E-state index contributed by atoms with van der Waals surface area (Å²) in [5.41, 5.74) is 0.231. The Morgan fingerprint density at radius 2 is 1.88 bits per heavy atom. The van der Waals surface area contributed by atoms with Crippen molar-refractivity contribution < 1.29 is 21.6 Å². The highest BCUT2D eigenvalue weighted by atomic mass is 35.5. The summed E-state index contributed by atoms with van der Waals surface area (Å²) in [7, 11) is -4.73. The predicted octanol–water partition coefficient (Wildman–Crippen LogP) is 4.41. The van der Waals surface area contributed by atoms with Crippen molar-refractivity contribution in [3.63, 3.8) is 0 Å². The molecule has 1 saturated carbocycles. The summed E-state index contributed by atoms with van der Waals surface area (Å²) in [6.45, 7) is 3.41. The summed E-state index contributed by atoms with van der Waals surface area (Å²) in [4.78, 5) is 6.54. The van der Waals surface area contributed by atoms with Gasteiger partial charge in [-0.3, -0.25) is 9.62 Å². The summed E-state index contributed by atoms with van der Waals surface area (Å²) in [6, 6.07) is 4.86. The van der Waals surface area contributed by atoms with E-state index in [9.17, 15) is 17.2 Å². The highest BCUT2D eigenvalue weighted by Crippen LogP contribution is 2.53. The first-order chi connectivity index (χ1) is 15.7. The van der Waals surface area contributed by atoms with Gasteiger partial charge in [0.2, 0.25) is 5.95 Å². The van der Waals surface area contributed by atoms with Gasteiger partial charge in [-0.15, -0.1) is 0 Å². The first-order valence-electron chi connectivity index (χ1n) is 11.0. The van der Waals surface area contributed by atoms with E-state index in [1.165, 1.54) is 25.0 Å². The fraction of sp³-hybridized carbons (Fsp3) is 0.500. The van der Waals surface area contributed by atoms with Crippen LogP contribution < -0.4 is 9.62 Å². The lowest BCUT2D eigenvalue weighted by atomic mass is 9.63. The van der Waals surface area contributed by atoms with Crippen LogP contribution >= 0.6 is 11.6 Å². The molecule has 0 bridgehead atoms. The standard InChI is InChI=1S/C22H24ClF3N4O2S/c23-19-15(30-11-8-22(13-30)7-6-16(22)29-9-1-2-10-29)12-14(24)21(20(19)26)33(31,32)28-18-5-3-4-17(25)27-18/h3-5,12,16H,1-2,6-11,13H2,(H,27,28). The van der Waals surface area contributed by atoms with Crippen molar-refractivity contribution >= 4 is 33.1 Å². The molecule has 0 amide bonds. The number of halogens is 4. The molecule has 5 rings (SSSR count). The number of hydrogen-bond acceptors (Lipinski definition) is 5. The van der Waals surface area contributed by atoms with Crippen LogP contribution in [-0.4, -0.2) is 50.5 Å². The zero-order valence-electron chi connectivity index (χ0n) is 17.8. The van der Waals surface area contributed by atoms with Gasteiger partial charge in [-0.1, -0.05) is 17.7 Å². The van der Waals surface area contributed by atoms with E-state index in [-0.39, 0.29) is 11.1 Å². The first kappa shape index (κ1) is 22.7. The van der Waals surface area contributed by atoms with Crippen LogP contribution in [0.1, 0.15) is 32.1 Å². The van der Waals surface area contributed by atoms with Gasteiger partial charge in [0.25, 0.3) is 10.0 Å². The van der Waals surface area contributed by atoms with Crippen LogP contribution in [0.5, 0.6) is 0 Å². The normalized spacial score (nSPS) is 25.6. The van der Waals surface area contributed by atoms with Crippen molar-refractivity contribution in [3.8, 4) is 0 Å². The molecule has 33 heavy (non-hydrogen) atoms. The maximum atomic E-state index is 15.1. The number of rotatable bonds is 5. The number of nitrogens with one attached hydrogen (secondary N) is 1. The molecule has 2 atom stereocenters. The van der Waals surface area contributed by atoms with Gasteiger partial charge in [0, 0.05) is 30.6 Å². The number of benzene rings is 1. The summed E-state index contributed by atoms with van der Waals surface area (Å²) in [5, 5.41) is -0.446. The van der Waals surface area contributed by atoms with E-state index in [0.717, 1.165) is 44.5 Å². The Bertz CT molecular complexity index is 1190. The molecule has 178 valence electrons. The van der Waals surface area contributed by atoms with Crippen molar-refractivity contribution in [2.75, 3.05) is 35.8 Å². The van der Waals surface area contributed by atoms with Gasteiger partial charge in [0.05, 0.1) is 5.69 Å². The van der Waals surface area contributed by atoms with E-state index in [0.29, 0.717) is 19.1 Å². The molecule has 6 nitrogen and oxygen atoms in total. The second-order valence-corrected chi connectivity index (χ2v) is 11.1. The van der Waals surface area contributed by atoms with E-state index in [1.807, 2.05) is 9.62 Å². The van der Waals surface area contributed by atoms with Gasteiger partial charge in [-0.05, 0) is 57.3 Å². The van der Waals surface area contributed by atoms with Gasteiger partial charge in [-0.25, -0.2) is 22.2 Å². The summed E-state index contributed by atoms with van der Waals surface area (Å²) in [5.74, 6) is -3.97. The minimum atomic E-state index is -4.73. The van der Waals surface area contributed by atoms with Crippen LogP contribution in [0.4, 0.5) is 24.7 Å². The number of aromatic nitrogens is 1. The fourth-order valence-electron chi connectivity index (χ4n) is 5.58. The van der Waals surface area contributed by atoms with Crippen LogP contribution in [0.2, 0.25) is 5.02 Å². The Hall–Kier alpha value is -2.04. The molecule has 1 aromatic carbocycles. The molecule has 3 aliphatic rings. The van der Waals surface area contributed by atoms with Gasteiger partial charge >= 0.3 is 0 Å². The number of likely N-dealkylation sites (tertiary alicyclic amines) is 1. The lowest BCUT2D eigenvalue weighted by Crippen LogP contribution is -2.55. The quantitative estimate of drug-likeness (QED) is 0.486. The molecule has 0 radical (unpaired) electrons. The third-order valence-electron chi connectivity index (χ3n) is 7.25. The van der Waals surface area contributed by atoms with Gasteiger partial charge in [0.1, 0.15) is 16.7 Å². The van der Waals surface area contributed by atoms with E-state index in [1.54, 1.807) is 0 Å². The molecule has 11 heteroatoms. The zero-order chi connectivity index (χ0) is 23.4. The Morgan fingerprint density at radius 3 is 2.55 bits per heavy atom. The molecular formula is C22H24ClF3N4O2S. The molecule has 2 aliphatic heterocycles. The molecular weight excluding hydrogens is 477 g/mol. The van der Waals surface area contributed by atoms with Crippen molar-refractivity contribution in [3.05, 3.63) is 46.9 Å². The Kier molecular flexibility index (Phi) is 5.73. The average Bonchev–Trinajstić information content (AvgIpc) is 3.41. The molecule has 3 heterocycles. The maximum Gasteiger partial charge on any atom is 0.268 e. The Labute approximate surface area is 195 Å². The van der Waals surface area contributed by atoms with Crippen LogP contribution in [-0.2, 0) is 10.0 Å². The van der Waals surface area contributed by atoms with Gasteiger partial charge in [-0.2, -0.15) is 4.39 Å². The minimum Gasteiger partial charge on any atom is -0.370 e. The highest BCUT2D eigenvalue weighted by Gasteiger charge is 2.53. The predicted molar refractivity (Wildman–Crippen MR) is 119 cm³/mol. The van der Waals surface area contributed by atoms with Crippen LogP contribution in [0.3, 0.4) is 0 Å². The number of hydrogen-bond donors (Lipinski definition) is 1. The SMILES string of the molecule is O=S(=O)(Nc1cccc(F)n1)c1c(F)cc(N2CCC3(CCC3N3CCCC3)C2)c(Cl)c1F. The lowest BCUT2D eigenvalue weighted by Gasteiger charge is -2.51. The zero-order valence-corrected chi connectivity index (χ0v) is 19.4. The molecule has 2 saturated heterocycles. The number of nitrogens with zero attached hydrogens (tertiary/aromatic N) is 3. The highest BCUT2D eigenvalue weighted by molar-refractivity contribution is 7.92. The summed E-state index contributed by atoms with van der Waals surface area (Å²) < 4.78 is 70.6. The topological polar surface area (TPSA) is 65.5 Å². The number of pyridine rings is 1. The fourth-order valence-corrected chi connectivity index (χ4v) is 7.05. The average molecular weight is 501 g/mol. The Balaban J connectivity index is 1.41. The molecule has 2 aromatic rings. The van der Waals surface area contributed by atoms with E-state index in [4.69, 9.17) is 11.6 Å². The molecule has 2 unspecified atom stereocenters. The van der Waals surface area contributed by atoms with Crippen LogP contribution in [0, 0.1) is 23.0 Å². The lowest BCUT2D eigenvalue weighted by molar-refractivity contribution is 0.00199. The third-order valence-corrected chi connectivity index (χ3v) is 9.00. The maximum absolute atomic E-state index is 15.1. The largest absolute Gasteiger partial charge is 0.370 e. The number of anilines is 2. The second kappa shape index (κ2) is 8.32. The molecule has 1 aromatic heterocycles. The van der Waals surface area contributed by atoms with E-state index < -0.39 is 43.3 Å². The summed E-state index contributed by atoms with van der Waals surface area (Å²) in [6.07, 6.45) is 5.49. The first-order valence-corrected chi connectivity index (χ1v) is 12.9. The van der Waals surface area contributed by atoms with Crippen LogP contribution in [0.15, 0.2) is 29.2 Å². The molecule has 1 N–H and O–H groups in total. The van der Waals surface area contributed by atoms with Gasteiger partial charge in [0.15, 0.2) is 10.7 Å². The van der Waals surface area contributed by atoms with Crippen molar-refractivity contribution in [1.29, 1.82) is 0 Å². The van der Waals surface area contributed by atoms with E-state index >= 15 is 4.39 Å². The second-order valence-electron chi connectivity index (χ2n) is 9.12. The van der Waals surface area contributed by atoms with Gasteiger partial charge < -0.3 is 4.90 Å². The summed E-state index contributed by atoms with van der Waals surface area (Å²) >= 11 is 6.24. The van der Waals surface area contributed by atoms with Crippen molar-refractivity contribution in [2.45, 2.75) is 43.0 Å². The monoisotopic (exact) mass is 500 g/mol. The third kappa shape index (κ3) is 3.95. The van der Waals surface area contributed by atoms with Crippen molar-refractivity contribution in [1.82, 2.24) is 9.88 Å². The Morgan fingerprint density at radius 1 is 1.12 bits per heavy atom. The molecule has 3 fully saturated rings. The van der Waals surface area contributed by atoms with Crippen LogP contribution in [0.25, 0.3) is 0 Å².